The number of hydrogen-bond donors (Lipinski definition) is 0. The number of ether oxygens (including phenoxy) is 1. The monoisotopic (exact) mass is 331 g/mol. The zero-order valence-corrected chi connectivity index (χ0v) is 14.6. The second-order valence-corrected chi connectivity index (χ2v) is 5.48. The molecule has 3 aromatic rings. The summed E-state index contributed by atoms with van der Waals surface area (Å²) in [6, 6.07) is 7.80. The predicted octanol–water partition coefficient (Wildman–Crippen LogP) is 4.46. The molecule has 3 aromatic heterocycles. The molecule has 3 rings (SSSR count). The minimum atomic E-state index is 0. The van der Waals surface area contributed by atoms with Crippen molar-refractivity contribution in [2.75, 3.05) is 0 Å². The maximum Gasteiger partial charge on any atom is 0.147 e. The lowest BCUT2D eigenvalue weighted by molar-refractivity contribution is 0.303. The number of fused-ring (bicyclic) bond motifs is 1. The Morgan fingerprint density at radius 1 is 1.09 bits per heavy atom. The second kappa shape index (κ2) is 7.47. The minimum Gasteiger partial charge on any atom is -0.485 e. The highest BCUT2D eigenvalue weighted by Gasteiger charge is 2.15. The normalized spacial score (nSPS) is 10.6. The third-order valence-corrected chi connectivity index (χ3v) is 4.01. The first-order valence-electron chi connectivity index (χ1n) is 7.69. The number of rotatable bonds is 5. The third kappa shape index (κ3) is 3.32. The summed E-state index contributed by atoms with van der Waals surface area (Å²) in [7, 11) is 0. The fourth-order valence-electron chi connectivity index (χ4n) is 2.77. The molecule has 3 heterocycles. The van der Waals surface area contributed by atoms with E-state index in [9.17, 15) is 0 Å². The second-order valence-electron chi connectivity index (χ2n) is 5.48. The van der Waals surface area contributed by atoms with Crippen LogP contribution in [0.25, 0.3) is 11.0 Å². The van der Waals surface area contributed by atoms with Gasteiger partial charge in [-0.15, -0.1) is 12.4 Å². The lowest BCUT2D eigenvalue weighted by Gasteiger charge is -2.11. The van der Waals surface area contributed by atoms with Gasteiger partial charge in [0.1, 0.15) is 17.9 Å². The van der Waals surface area contributed by atoms with Crippen LogP contribution in [0.1, 0.15) is 30.3 Å². The van der Waals surface area contributed by atoms with E-state index in [1.54, 1.807) is 6.20 Å². The summed E-state index contributed by atoms with van der Waals surface area (Å²) in [5.74, 6) is 0.875. The van der Waals surface area contributed by atoms with Crippen LogP contribution in [0.15, 0.2) is 36.7 Å². The summed E-state index contributed by atoms with van der Waals surface area (Å²) >= 11 is 0. The molecule has 23 heavy (non-hydrogen) atoms. The van der Waals surface area contributed by atoms with E-state index in [4.69, 9.17) is 4.74 Å². The number of aromatic nitrogens is 3. The van der Waals surface area contributed by atoms with Gasteiger partial charge in [-0.2, -0.15) is 0 Å². The van der Waals surface area contributed by atoms with Crippen LogP contribution in [0.2, 0.25) is 0 Å². The largest absolute Gasteiger partial charge is 0.485 e. The van der Waals surface area contributed by atoms with Gasteiger partial charge in [0, 0.05) is 30.7 Å². The molecule has 0 bridgehead atoms. The minimum absolute atomic E-state index is 0. The van der Waals surface area contributed by atoms with Gasteiger partial charge in [-0.05, 0) is 38.0 Å². The van der Waals surface area contributed by atoms with E-state index in [-0.39, 0.29) is 12.4 Å². The predicted molar refractivity (Wildman–Crippen MR) is 95.3 cm³/mol. The SMILES string of the molecule is CCCn1c(C)c(C)c2nccc(OCc3ccccn3)c21.Cl. The molecule has 0 saturated carbocycles. The van der Waals surface area contributed by atoms with Crippen LogP contribution >= 0.6 is 12.4 Å². The number of pyridine rings is 2. The van der Waals surface area contributed by atoms with Crippen LogP contribution in [0.4, 0.5) is 0 Å². The Balaban J connectivity index is 0.00000192. The standard InChI is InChI=1S/C18H21N3O.ClH/c1-4-11-21-14(3)13(2)17-18(21)16(8-10-20-17)22-12-15-7-5-6-9-19-15;/h5-10H,4,11-12H2,1-3H3;1H. The highest BCUT2D eigenvalue weighted by molar-refractivity contribution is 5.86. The Kier molecular flexibility index (Phi) is 5.61. The molecule has 0 aliphatic carbocycles. The molecule has 0 spiro atoms. The van der Waals surface area contributed by atoms with Gasteiger partial charge in [0.25, 0.3) is 0 Å². The molecular weight excluding hydrogens is 310 g/mol. The van der Waals surface area contributed by atoms with Gasteiger partial charge in [-0.1, -0.05) is 13.0 Å². The average Bonchev–Trinajstić information content (AvgIpc) is 2.80. The summed E-state index contributed by atoms with van der Waals surface area (Å²) in [6.07, 6.45) is 4.69. The zero-order valence-electron chi connectivity index (χ0n) is 13.7. The van der Waals surface area contributed by atoms with E-state index >= 15 is 0 Å². The maximum atomic E-state index is 6.04. The first-order valence-corrected chi connectivity index (χ1v) is 7.69. The molecule has 4 nitrogen and oxygen atoms in total. The molecule has 0 aliphatic heterocycles. The van der Waals surface area contributed by atoms with Gasteiger partial charge < -0.3 is 9.30 Å². The molecule has 0 amide bonds. The van der Waals surface area contributed by atoms with Gasteiger partial charge in [0.2, 0.25) is 0 Å². The Morgan fingerprint density at radius 3 is 2.61 bits per heavy atom. The van der Waals surface area contributed by atoms with Crippen LogP contribution in [0.3, 0.4) is 0 Å². The molecule has 0 radical (unpaired) electrons. The first-order chi connectivity index (χ1) is 10.7. The van der Waals surface area contributed by atoms with Crippen molar-refractivity contribution in [2.24, 2.45) is 0 Å². The summed E-state index contributed by atoms with van der Waals surface area (Å²) in [5, 5.41) is 0. The fourth-order valence-corrected chi connectivity index (χ4v) is 2.77. The molecule has 122 valence electrons. The van der Waals surface area contributed by atoms with Crippen LogP contribution < -0.4 is 4.74 Å². The van der Waals surface area contributed by atoms with Crippen molar-refractivity contribution in [1.82, 2.24) is 14.5 Å². The summed E-state index contributed by atoms with van der Waals surface area (Å²) < 4.78 is 8.35. The fraction of sp³-hybridized carbons (Fsp3) is 0.333. The molecule has 0 aliphatic rings. The van der Waals surface area contributed by atoms with E-state index < -0.39 is 0 Å². The zero-order chi connectivity index (χ0) is 15.5. The van der Waals surface area contributed by atoms with Gasteiger partial charge in [-0.25, -0.2) is 0 Å². The Labute approximate surface area is 142 Å². The molecule has 0 aromatic carbocycles. The maximum absolute atomic E-state index is 6.04. The van der Waals surface area contributed by atoms with Crippen molar-refractivity contribution in [3.8, 4) is 5.75 Å². The third-order valence-electron chi connectivity index (χ3n) is 4.01. The summed E-state index contributed by atoms with van der Waals surface area (Å²) in [5.41, 5.74) is 5.54. The summed E-state index contributed by atoms with van der Waals surface area (Å²) in [4.78, 5) is 8.85. The van der Waals surface area contributed by atoms with Crippen molar-refractivity contribution in [3.05, 3.63) is 53.6 Å². The quantitative estimate of drug-likeness (QED) is 0.693. The van der Waals surface area contributed by atoms with E-state index in [2.05, 4.69) is 35.3 Å². The summed E-state index contributed by atoms with van der Waals surface area (Å²) in [6.45, 7) is 7.90. The number of aryl methyl sites for hydroxylation is 2. The molecule has 0 atom stereocenters. The highest BCUT2D eigenvalue weighted by atomic mass is 35.5. The Hall–Kier alpha value is -2.07. The Morgan fingerprint density at radius 2 is 1.91 bits per heavy atom. The van der Waals surface area contributed by atoms with Gasteiger partial charge >= 0.3 is 0 Å². The van der Waals surface area contributed by atoms with Crippen LogP contribution in [0, 0.1) is 13.8 Å². The average molecular weight is 332 g/mol. The number of hydrogen-bond acceptors (Lipinski definition) is 3. The smallest absolute Gasteiger partial charge is 0.147 e. The molecular formula is C18H22ClN3O. The molecule has 0 saturated heterocycles. The van der Waals surface area contributed by atoms with Gasteiger partial charge in [-0.3, -0.25) is 9.97 Å². The van der Waals surface area contributed by atoms with E-state index in [0.717, 1.165) is 35.4 Å². The van der Waals surface area contributed by atoms with Crippen molar-refractivity contribution in [1.29, 1.82) is 0 Å². The van der Waals surface area contributed by atoms with Crippen LogP contribution in [-0.4, -0.2) is 14.5 Å². The van der Waals surface area contributed by atoms with Gasteiger partial charge in [0.05, 0.1) is 11.2 Å². The van der Waals surface area contributed by atoms with E-state index in [0.29, 0.717) is 6.61 Å². The topological polar surface area (TPSA) is 39.9 Å². The van der Waals surface area contributed by atoms with Crippen molar-refractivity contribution in [3.63, 3.8) is 0 Å². The number of halogens is 1. The molecule has 0 N–H and O–H groups in total. The lowest BCUT2D eigenvalue weighted by Crippen LogP contribution is -2.03. The first kappa shape index (κ1) is 17.3. The molecule has 0 fully saturated rings. The highest BCUT2D eigenvalue weighted by Crippen LogP contribution is 2.31. The van der Waals surface area contributed by atoms with Crippen LogP contribution in [0.5, 0.6) is 5.75 Å². The van der Waals surface area contributed by atoms with Gasteiger partial charge in [0.15, 0.2) is 0 Å². The molecule has 5 heteroatoms. The van der Waals surface area contributed by atoms with Crippen LogP contribution in [-0.2, 0) is 13.2 Å². The van der Waals surface area contributed by atoms with E-state index in [1.807, 2.05) is 30.5 Å². The lowest BCUT2D eigenvalue weighted by atomic mass is 10.2. The van der Waals surface area contributed by atoms with Crippen molar-refractivity contribution < 1.29 is 4.74 Å². The molecule has 0 unspecified atom stereocenters. The van der Waals surface area contributed by atoms with Crippen molar-refractivity contribution in [2.45, 2.75) is 40.3 Å². The van der Waals surface area contributed by atoms with Crippen molar-refractivity contribution >= 4 is 23.4 Å². The van der Waals surface area contributed by atoms with E-state index in [1.165, 1.54) is 11.3 Å². The Bertz CT molecular complexity index is 784. The number of nitrogens with zero attached hydrogens (tertiary/aromatic N) is 3.